The molecule has 0 radical (unpaired) electrons. The third kappa shape index (κ3) is 4.53. The lowest BCUT2D eigenvalue weighted by atomic mass is 9.59. The highest BCUT2D eigenvalue weighted by Crippen LogP contribution is 2.56. The number of rotatable bonds is 3. The Balaban J connectivity index is 1.45. The molecule has 1 fully saturated rings. The molecule has 2 heterocycles. The highest BCUT2D eigenvalue weighted by molar-refractivity contribution is 9.10. The van der Waals surface area contributed by atoms with Gasteiger partial charge in [0.1, 0.15) is 11.4 Å². The minimum atomic E-state index is -4.79. The van der Waals surface area contributed by atoms with Crippen molar-refractivity contribution in [2.75, 3.05) is 12.1 Å². The largest absolute Gasteiger partial charge is 0.508 e. The first-order chi connectivity index (χ1) is 20.2. The van der Waals surface area contributed by atoms with Crippen molar-refractivity contribution in [2.24, 2.45) is 17.8 Å². The first-order valence-corrected chi connectivity index (χ1v) is 14.4. The number of Topliss-reactive ketones (excluding diaryl/α,β-unsaturated/α-hetero) is 1. The molecule has 0 unspecified atom stereocenters. The van der Waals surface area contributed by atoms with E-state index in [0.29, 0.717) is 21.7 Å². The molecule has 8 nitrogen and oxygen atoms in total. The van der Waals surface area contributed by atoms with Gasteiger partial charge in [0.05, 0.1) is 16.9 Å². The van der Waals surface area contributed by atoms with Gasteiger partial charge in [-0.3, -0.25) is 24.2 Å². The fraction of sp³-hybridized carbons (Fsp3) is 0.300. The Hall–Kier alpha value is -3.77. The molecule has 1 aliphatic heterocycles. The number of anilines is 1. The molecule has 4 atom stereocenters. The van der Waals surface area contributed by atoms with Gasteiger partial charge in [-0.25, -0.2) is 4.98 Å². The number of aromatic nitrogens is 1. The lowest BCUT2D eigenvalue weighted by Gasteiger charge is -2.42. The minimum absolute atomic E-state index is 0.00108. The highest BCUT2D eigenvalue weighted by Gasteiger charge is 2.58. The van der Waals surface area contributed by atoms with Crippen LogP contribution >= 0.6 is 27.5 Å². The molecule has 1 N–H and O–H groups in total. The average Bonchev–Trinajstić information content (AvgIpc) is 3.20. The lowest BCUT2D eigenvalue weighted by molar-refractivity contribution is -0.141. The van der Waals surface area contributed by atoms with Gasteiger partial charge in [-0.2, -0.15) is 18.2 Å². The van der Waals surface area contributed by atoms with E-state index in [9.17, 15) is 37.5 Å². The van der Waals surface area contributed by atoms with Crippen LogP contribution in [0.2, 0.25) is 5.02 Å². The number of hydrogen-bond donors (Lipinski definition) is 1. The summed E-state index contributed by atoms with van der Waals surface area (Å²) in [7, 11) is 1.23. The monoisotopic (exact) mass is 675 g/mol. The number of allylic oxidation sites excluding steroid dienone is 6. The van der Waals surface area contributed by atoms with Crippen molar-refractivity contribution in [1.82, 2.24) is 9.99 Å². The Bertz CT molecular complexity index is 1750. The second kappa shape index (κ2) is 10.2. The van der Waals surface area contributed by atoms with Crippen molar-refractivity contribution in [3.8, 4) is 5.75 Å². The van der Waals surface area contributed by atoms with Crippen molar-refractivity contribution >= 4 is 56.7 Å². The molecule has 2 amide bonds. The predicted molar refractivity (Wildman–Crippen MR) is 152 cm³/mol. The van der Waals surface area contributed by atoms with E-state index in [0.717, 1.165) is 16.1 Å². The number of pyridine rings is 1. The summed E-state index contributed by atoms with van der Waals surface area (Å²) in [5.41, 5.74) is 0.415. The quantitative estimate of drug-likeness (QED) is 0.253. The normalized spacial score (nSPS) is 25.3. The third-order valence-electron chi connectivity index (χ3n) is 8.57. The minimum Gasteiger partial charge on any atom is -0.508 e. The summed E-state index contributed by atoms with van der Waals surface area (Å²) < 4.78 is 40.8. The molecule has 6 rings (SSSR count). The number of hydrazine groups is 1. The zero-order valence-electron chi connectivity index (χ0n) is 22.6. The zero-order valence-corrected chi connectivity index (χ0v) is 24.9. The summed E-state index contributed by atoms with van der Waals surface area (Å²) in [6, 6.07) is 6.42. The smallest absolute Gasteiger partial charge is 0.433 e. The van der Waals surface area contributed by atoms with Crippen LogP contribution in [-0.2, 0) is 25.4 Å². The molecule has 1 aromatic heterocycles. The second-order valence-electron chi connectivity index (χ2n) is 10.9. The Kier molecular flexibility index (Phi) is 6.92. The molecule has 3 aliphatic carbocycles. The molecule has 0 spiro atoms. The van der Waals surface area contributed by atoms with E-state index in [1.165, 1.54) is 19.2 Å². The molecule has 43 heavy (non-hydrogen) atoms. The number of imide groups is 1. The predicted octanol–water partition coefficient (Wildman–Crippen LogP) is 5.70. The molecular weight excluding hydrogens is 655 g/mol. The first kappa shape index (κ1) is 29.3. The number of phenols is 1. The summed E-state index contributed by atoms with van der Waals surface area (Å²) in [6.07, 6.45) is -1.67. The summed E-state index contributed by atoms with van der Waals surface area (Å²) in [6.45, 7) is 1.54. The highest BCUT2D eigenvalue weighted by atomic mass is 79.9. The number of carbonyl (C=O) groups is 4. The summed E-state index contributed by atoms with van der Waals surface area (Å²) >= 11 is 9.57. The van der Waals surface area contributed by atoms with E-state index in [1.807, 2.05) is 0 Å². The van der Waals surface area contributed by atoms with Gasteiger partial charge in [0, 0.05) is 39.7 Å². The van der Waals surface area contributed by atoms with E-state index < -0.39 is 59.0 Å². The van der Waals surface area contributed by atoms with Gasteiger partial charge in [0.25, 0.3) is 11.8 Å². The van der Waals surface area contributed by atoms with Gasteiger partial charge in [0.15, 0.2) is 17.4 Å². The molecule has 1 saturated heterocycles. The van der Waals surface area contributed by atoms with E-state index in [1.54, 1.807) is 25.1 Å². The van der Waals surface area contributed by atoms with Crippen LogP contribution in [-0.4, -0.2) is 45.5 Å². The molecular formula is C30H22BrClF3N3O5. The number of fused-ring (bicyclic) bond motifs is 3. The fourth-order valence-corrected chi connectivity index (χ4v) is 7.27. The molecule has 13 heteroatoms. The van der Waals surface area contributed by atoms with Gasteiger partial charge >= 0.3 is 6.18 Å². The molecule has 1 aromatic carbocycles. The van der Waals surface area contributed by atoms with Crippen LogP contribution in [0.15, 0.2) is 69.2 Å². The van der Waals surface area contributed by atoms with E-state index >= 15 is 0 Å². The maximum absolute atomic E-state index is 14.0. The molecule has 0 saturated carbocycles. The Morgan fingerprint density at radius 1 is 1.09 bits per heavy atom. The number of halogens is 5. The molecule has 222 valence electrons. The number of ketones is 2. The Morgan fingerprint density at radius 3 is 2.51 bits per heavy atom. The van der Waals surface area contributed by atoms with Crippen molar-refractivity contribution in [3.63, 3.8) is 0 Å². The van der Waals surface area contributed by atoms with Crippen molar-refractivity contribution in [3.05, 3.63) is 85.5 Å². The number of aromatic hydroxyl groups is 1. The van der Waals surface area contributed by atoms with Crippen molar-refractivity contribution in [2.45, 2.75) is 31.9 Å². The summed E-state index contributed by atoms with van der Waals surface area (Å²) in [5.74, 6) is -6.04. The van der Waals surface area contributed by atoms with Crippen LogP contribution in [0.25, 0.3) is 0 Å². The van der Waals surface area contributed by atoms with E-state index in [2.05, 4.69) is 20.9 Å². The van der Waals surface area contributed by atoms with Crippen LogP contribution in [0, 0.1) is 17.8 Å². The summed E-state index contributed by atoms with van der Waals surface area (Å²) in [5, 5.41) is 12.4. The Labute approximate surface area is 256 Å². The van der Waals surface area contributed by atoms with Crippen LogP contribution in [0.1, 0.15) is 36.9 Å². The van der Waals surface area contributed by atoms with E-state index in [-0.39, 0.29) is 46.1 Å². The number of hydrogen-bond acceptors (Lipinski definition) is 7. The number of benzene rings is 1. The van der Waals surface area contributed by atoms with Crippen LogP contribution in [0.5, 0.6) is 5.75 Å². The average molecular weight is 677 g/mol. The molecule has 4 aliphatic rings. The number of carbonyl (C=O) groups excluding carboxylic acids is 4. The van der Waals surface area contributed by atoms with Crippen molar-refractivity contribution in [1.29, 1.82) is 0 Å². The molecule has 2 aromatic rings. The maximum Gasteiger partial charge on any atom is 0.433 e. The Morgan fingerprint density at radius 2 is 1.81 bits per heavy atom. The lowest BCUT2D eigenvalue weighted by Crippen LogP contribution is -2.46. The molecule has 0 bridgehead atoms. The van der Waals surface area contributed by atoms with E-state index in [4.69, 9.17) is 11.6 Å². The van der Waals surface area contributed by atoms with Gasteiger partial charge in [-0.05, 0) is 62.1 Å². The topological polar surface area (TPSA) is 108 Å². The number of nitrogens with zero attached hydrogens (tertiary/aromatic N) is 3. The van der Waals surface area contributed by atoms with Crippen LogP contribution in [0.3, 0.4) is 0 Å². The van der Waals surface area contributed by atoms with Gasteiger partial charge in [0.2, 0.25) is 0 Å². The SMILES string of the molecule is CC1=CC(=O)C2=C(C1=O)[C@@H](c1cc(Br)ccc1O)C1=CC[C@@H]3C(=O)N(N(C)c4nc(C(F)(F)F)ccc4Cl)C(=O)[C@@H]3[C@@H]1C2. The van der Waals surface area contributed by atoms with Crippen molar-refractivity contribution < 1.29 is 37.5 Å². The van der Waals surface area contributed by atoms with Gasteiger partial charge < -0.3 is 5.11 Å². The second-order valence-corrected chi connectivity index (χ2v) is 12.3. The number of phenolic OH excluding ortho intramolecular Hbond substituents is 1. The summed E-state index contributed by atoms with van der Waals surface area (Å²) in [4.78, 5) is 58.1. The van der Waals surface area contributed by atoms with Crippen LogP contribution in [0.4, 0.5) is 19.0 Å². The van der Waals surface area contributed by atoms with Gasteiger partial charge in [-0.15, -0.1) is 0 Å². The third-order valence-corrected chi connectivity index (χ3v) is 9.35. The van der Waals surface area contributed by atoms with Gasteiger partial charge in [-0.1, -0.05) is 39.2 Å². The first-order valence-electron chi connectivity index (χ1n) is 13.2. The fourth-order valence-electron chi connectivity index (χ4n) is 6.66. The number of alkyl halides is 3. The zero-order chi connectivity index (χ0) is 31.1. The van der Waals surface area contributed by atoms with Crippen LogP contribution < -0.4 is 5.01 Å². The standard InChI is InChI=1S/C30H22BrClF3N3O5/c1-12-9-21(40)18-11-16-14(23(25(18)26(12)41)17-10-13(31)3-7-20(17)39)4-5-15-24(16)29(43)38(28(15)42)37(2)27-19(32)6-8-22(36-27)30(33,34)35/h3-4,6-10,15-16,23-24,39H,5,11H2,1-2H3/t15-,16+,23+,24-/m0/s1. The maximum atomic E-state index is 14.0. The number of amides is 2.